The number of carbonyl (C=O) groups is 1. The fourth-order valence-corrected chi connectivity index (χ4v) is 5.44. The van der Waals surface area contributed by atoms with Crippen LogP contribution in [0, 0.1) is 11.3 Å². The number of rotatable bonds is 21. The van der Waals surface area contributed by atoms with E-state index >= 15 is 0 Å². The Bertz CT molecular complexity index is 383. The third-order valence-electron chi connectivity index (χ3n) is 5.43. The number of hydrogen-bond donors (Lipinski definition) is 3. The summed E-state index contributed by atoms with van der Waals surface area (Å²) >= 11 is -0.832. The van der Waals surface area contributed by atoms with E-state index in [1.807, 2.05) is 6.92 Å². The molecular weight excluding hydrogens is 495 g/mol. The van der Waals surface area contributed by atoms with Crippen LogP contribution >= 0.6 is 0 Å². The van der Waals surface area contributed by atoms with E-state index in [-0.39, 0.29) is 39.0 Å². The molecule has 0 aliphatic rings. The molecule has 0 aromatic heterocycles. The number of ether oxygens (including phenoxy) is 2. The number of hydrogen-bond acceptors (Lipinski definition) is 7. The van der Waals surface area contributed by atoms with Gasteiger partial charge in [0.2, 0.25) is 0 Å². The van der Waals surface area contributed by atoms with Crippen molar-refractivity contribution in [2.75, 3.05) is 39.6 Å². The molecule has 0 saturated carbocycles. The first-order chi connectivity index (χ1) is 14.6. The molecule has 0 saturated heterocycles. The van der Waals surface area contributed by atoms with E-state index in [4.69, 9.17) is 17.7 Å². The normalized spacial score (nSPS) is 12.7. The van der Waals surface area contributed by atoms with Gasteiger partial charge < -0.3 is 0 Å². The average Bonchev–Trinajstić information content (AvgIpc) is 2.77. The predicted molar refractivity (Wildman–Crippen MR) is 119 cm³/mol. The van der Waals surface area contributed by atoms with Crippen LogP contribution in [-0.4, -0.2) is 82.7 Å². The van der Waals surface area contributed by atoms with Crippen LogP contribution in [0.1, 0.15) is 78.1 Å². The maximum absolute atomic E-state index is 11.9. The molecule has 0 spiro atoms. The second-order valence-corrected chi connectivity index (χ2v) is 11.2. The van der Waals surface area contributed by atoms with Gasteiger partial charge in [0.25, 0.3) is 0 Å². The molecule has 7 nitrogen and oxygen atoms in total. The van der Waals surface area contributed by atoms with E-state index in [0.717, 1.165) is 19.3 Å². The summed E-state index contributed by atoms with van der Waals surface area (Å²) in [6.45, 7) is 4.44. The van der Waals surface area contributed by atoms with Crippen LogP contribution in [0.5, 0.6) is 0 Å². The molecule has 178 valence electrons. The molecule has 0 aromatic rings. The number of unbranched alkanes of at least 4 members (excludes halogenated alkanes) is 6. The molecule has 3 N–H and O–H groups in total. The molecule has 2 radical (unpaired) electrons. The summed E-state index contributed by atoms with van der Waals surface area (Å²) in [6.07, 6.45) is 9.92. The Morgan fingerprint density at radius 3 is 2.23 bits per heavy atom. The molecule has 30 heavy (non-hydrogen) atoms. The standard InChI is InChI=1S/C14H27O7.C8H17.Sn/c1-2-14(9-17,10-18)11-21-13(19)20-8-12(7-16)5-3-4-6-15;1-3-5-7-8-6-4-2;/h12,15,17-18H,2-11H2,1H3;1,3-8H2,2H3;/q-1;;+1. The van der Waals surface area contributed by atoms with Crippen molar-refractivity contribution in [1.82, 2.24) is 0 Å². The van der Waals surface area contributed by atoms with Crippen molar-refractivity contribution in [2.45, 2.75) is 82.5 Å². The summed E-state index contributed by atoms with van der Waals surface area (Å²) in [4.78, 5) is 11.9. The Labute approximate surface area is 193 Å². The van der Waals surface area contributed by atoms with Gasteiger partial charge >= 0.3 is 194 Å². The van der Waals surface area contributed by atoms with Crippen LogP contribution in [0.4, 0.5) is 4.79 Å². The van der Waals surface area contributed by atoms with Crippen molar-refractivity contribution in [3.05, 3.63) is 0 Å². The molecule has 0 aromatic carbocycles. The van der Waals surface area contributed by atoms with Gasteiger partial charge in [-0.05, 0) is 0 Å². The van der Waals surface area contributed by atoms with Crippen LogP contribution in [0.25, 0.3) is 0 Å². The number of carbonyl (C=O) groups excluding carboxylic acids is 1. The van der Waals surface area contributed by atoms with Crippen molar-refractivity contribution in [3.8, 4) is 0 Å². The predicted octanol–water partition coefficient (Wildman–Crippen LogP) is 3.71. The van der Waals surface area contributed by atoms with Gasteiger partial charge in [0.1, 0.15) is 0 Å². The summed E-state index contributed by atoms with van der Waals surface area (Å²) in [5.41, 5.74) is -0.827. The van der Waals surface area contributed by atoms with Gasteiger partial charge in [0.15, 0.2) is 0 Å². The first-order valence-electron chi connectivity index (χ1n) is 11.5. The zero-order valence-electron chi connectivity index (χ0n) is 19.1. The van der Waals surface area contributed by atoms with Gasteiger partial charge in [-0.3, -0.25) is 0 Å². The molecule has 1 atom stereocenters. The van der Waals surface area contributed by atoms with E-state index in [9.17, 15) is 15.0 Å². The summed E-state index contributed by atoms with van der Waals surface area (Å²) in [5.74, 6) is 0.0983. The second kappa shape index (κ2) is 20.8. The van der Waals surface area contributed by atoms with Crippen molar-refractivity contribution in [2.24, 2.45) is 11.3 Å². The zero-order valence-corrected chi connectivity index (χ0v) is 21.9. The van der Waals surface area contributed by atoms with Crippen molar-refractivity contribution < 1.29 is 32.7 Å². The van der Waals surface area contributed by atoms with Crippen LogP contribution in [-0.2, 0) is 12.5 Å². The van der Waals surface area contributed by atoms with Crippen LogP contribution < -0.4 is 0 Å². The quantitative estimate of drug-likeness (QED) is 0.116. The van der Waals surface area contributed by atoms with Crippen LogP contribution in [0.2, 0.25) is 4.44 Å². The summed E-state index contributed by atoms with van der Waals surface area (Å²) < 4.78 is 17.5. The van der Waals surface area contributed by atoms with Gasteiger partial charge in [-0.15, -0.1) is 0 Å². The van der Waals surface area contributed by atoms with Crippen molar-refractivity contribution in [1.29, 1.82) is 0 Å². The Kier molecular flexibility index (Phi) is 20.7. The zero-order chi connectivity index (χ0) is 22.5. The molecule has 0 aliphatic heterocycles. The van der Waals surface area contributed by atoms with Crippen molar-refractivity contribution in [3.63, 3.8) is 0 Å². The summed E-state index contributed by atoms with van der Waals surface area (Å²) in [5, 5.41) is 27.8. The molecule has 0 bridgehead atoms. The second-order valence-electron chi connectivity index (χ2n) is 8.08. The summed E-state index contributed by atoms with van der Waals surface area (Å²) in [7, 11) is 0. The Morgan fingerprint density at radius 2 is 1.60 bits per heavy atom. The van der Waals surface area contributed by atoms with Gasteiger partial charge in [-0.1, -0.05) is 0 Å². The molecule has 1 unspecified atom stereocenters. The molecule has 0 heterocycles. The molecule has 0 rings (SSSR count). The molecule has 0 aliphatic carbocycles. The van der Waals surface area contributed by atoms with Gasteiger partial charge in [0, 0.05) is 0 Å². The molecule has 8 heteroatoms. The summed E-state index contributed by atoms with van der Waals surface area (Å²) in [6, 6.07) is 0. The fraction of sp³-hybridized carbons (Fsp3) is 0.955. The topological polar surface area (TPSA) is 105 Å². The first-order valence-corrected chi connectivity index (χ1v) is 14.7. The third kappa shape index (κ3) is 15.7. The minimum absolute atomic E-state index is 0.0757. The number of aliphatic hydroxyl groups excluding tert-OH is 3. The van der Waals surface area contributed by atoms with E-state index in [2.05, 4.69) is 6.92 Å². The number of aliphatic hydroxyl groups is 3. The molecular formula is C22H44O7Sn. The van der Waals surface area contributed by atoms with E-state index in [1.54, 1.807) is 0 Å². The Morgan fingerprint density at radius 1 is 0.900 bits per heavy atom. The molecule has 0 amide bonds. The van der Waals surface area contributed by atoms with E-state index in [0.29, 0.717) is 13.0 Å². The van der Waals surface area contributed by atoms with E-state index < -0.39 is 33.1 Å². The van der Waals surface area contributed by atoms with E-state index in [1.165, 1.54) is 43.0 Å². The average molecular weight is 539 g/mol. The van der Waals surface area contributed by atoms with Crippen LogP contribution in [0.3, 0.4) is 0 Å². The van der Waals surface area contributed by atoms with Crippen LogP contribution in [0.15, 0.2) is 0 Å². The first kappa shape index (κ1) is 29.9. The Hall–Kier alpha value is -0.0913. The van der Waals surface area contributed by atoms with Gasteiger partial charge in [-0.2, -0.15) is 0 Å². The monoisotopic (exact) mass is 540 g/mol. The van der Waals surface area contributed by atoms with Gasteiger partial charge in [-0.25, -0.2) is 0 Å². The van der Waals surface area contributed by atoms with Gasteiger partial charge in [0.05, 0.1) is 0 Å². The SMILES string of the molecule is CCCCCCC[CH2][Sn][O]CC(CCCCO)COC(=O)OCC(CC)(CO)CO. The minimum atomic E-state index is -0.832. The fourth-order valence-electron chi connectivity index (χ4n) is 2.89. The third-order valence-corrected chi connectivity index (χ3v) is 8.08. The maximum atomic E-state index is 11.9. The van der Waals surface area contributed by atoms with Crippen molar-refractivity contribution >= 4 is 27.7 Å². The Balaban J connectivity index is 4.12. The molecule has 0 fully saturated rings.